The Bertz CT molecular complexity index is 774. The molecule has 0 aliphatic rings. The maximum absolute atomic E-state index is 13.8. The highest BCUT2D eigenvalue weighted by molar-refractivity contribution is 9.11. The third kappa shape index (κ3) is 2.66. The molecule has 0 saturated heterocycles. The standard InChI is InChI=1S/C12H7Br2FN2O3/c1-5-7(15)2-6(12(19)20)3-8(5)17-4-9(13)16-10(14)11(17)18/h2-4H,1H3,(H,19,20). The number of hydrogen-bond acceptors (Lipinski definition) is 3. The number of nitrogens with zero attached hydrogens (tertiary/aromatic N) is 2. The summed E-state index contributed by atoms with van der Waals surface area (Å²) >= 11 is 6.12. The number of aromatic nitrogens is 2. The molecule has 8 heteroatoms. The fraction of sp³-hybridized carbons (Fsp3) is 0.0833. The molecule has 1 aromatic carbocycles. The van der Waals surface area contributed by atoms with Gasteiger partial charge in [0.2, 0.25) is 0 Å². The van der Waals surface area contributed by atoms with Gasteiger partial charge in [0.05, 0.1) is 11.3 Å². The van der Waals surface area contributed by atoms with E-state index in [1.807, 2.05) is 0 Å². The molecule has 104 valence electrons. The molecule has 0 radical (unpaired) electrons. The maximum Gasteiger partial charge on any atom is 0.335 e. The summed E-state index contributed by atoms with van der Waals surface area (Å²) in [6.07, 6.45) is 1.35. The lowest BCUT2D eigenvalue weighted by molar-refractivity contribution is 0.0696. The third-order valence-electron chi connectivity index (χ3n) is 2.66. The lowest BCUT2D eigenvalue weighted by Gasteiger charge is -2.11. The maximum atomic E-state index is 13.8. The van der Waals surface area contributed by atoms with Crippen LogP contribution in [0, 0.1) is 12.7 Å². The molecule has 2 aromatic rings. The highest BCUT2D eigenvalue weighted by Crippen LogP contribution is 2.20. The quantitative estimate of drug-likeness (QED) is 0.833. The van der Waals surface area contributed by atoms with Crippen molar-refractivity contribution in [1.82, 2.24) is 9.55 Å². The van der Waals surface area contributed by atoms with Crippen LogP contribution in [0.5, 0.6) is 0 Å². The van der Waals surface area contributed by atoms with Crippen molar-refractivity contribution >= 4 is 37.8 Å². The molecule has 0 spiro atoms. The van der Waals surface area contributed by atoms with E-state index in [0.29, 0.717) is 4.60 Å². The second-order valence-corrected chi connectivity index (χ2v) is 5.50. The van der Waals surface area contributed by atoms with Crippen molar-refractivity contribution in [3.05, 3.63) is 54.8 Å². The van der Waals surface area contributed by atoms with Crippen LogP contribution in [0.3, 0.4) is 0 Å². The first-order chi connectivity index (χ1) is 9.31. The molecular weight excluding hydrogens is 399 g/mol. The van der Waals surface area contributed by atoms with Crippen LogP contribution in [0.1, 0.15) is 15.9 Å². The van der Waals surface area contributed by atoms with Gasteiger partial charge in [-0.3, -0.25) is 9.36 Å². The smallest absolute Gasteiger partial charge is 0.335 e. The van der Waals surface area contributed by atoms with Gasteiger partial charge in [-0.2, -0.15) is 0 Å². The number of hydrogen-bond donors (Lipinski definition) is 1. The van der Waals surface area contributed by atoms with Gasteiger partial charge in [0.1, 0.15) is 10.4 Å². The van der Waals surface area contributed by atoms with E-state index < -0.39 is 17.3 Å². The third-order valence-corrected chi connectivity index (χ3v) is 3.56. The average molecular weight is 406 g/mol. The van der Waals surface area contributed by atoms with Crippen LogP contribution in [0.4, 0.5) is 4.39 Å². The zero-order valence-corrected chi connectivity index (χ0v) is 13.2. The van der Waals surface area contributed by atoms with E-state index in [4.69, 9.17) is 5.11 Å². The Kier molecular flexibility index (Phi) is 4.05. The summed E-state index contributed by atoms with van der Waals surface area (Å²) in [6.45, 7) is 1.46. The second-order valence-electron chi connectivity index (χ2n) is 3.94. The average Bonchev–Trinajstić information content (AvgIpc) is 2.37. The van der Waals surface area contributed by atoms with E-state index in [1.165, 1.54) is 19.2 Å². The van der Waals surface area contributed by atoms with Gasteiger partial charge in [-0.1, -0.05) is 0 Å². The van der Waals surface area contributed by atoms with Crippen LogP contribution in [0.25, 0.3) is 5.69 Å². The Morgan fingerprint density at radius 1 is 1.40 bits per heavy atom. The molecule has 20 heavy (non-hydrogen) atoms. The molecule has 1 heterocycles. The van der Waals surface area contributed by atoms with E-state index in [2.05, 4.69) is 36.8 Å². The summed E-state index contributed by atoms with van der Waals surface area (Å²) < 4.78 is 15.3. The van der Waals surface area contributed by atoms with Gasteiger partial charge in [0.25, 0.3) is 5.56 Å². The zero-order chi connectivity index (χ0) is 15.0. The first-order valence-corrected chi connectivity index (χ1v) is 6.88. The van der Waals surface area contributed by atoms with Crippen molar-refractivity contribution in [1.29, 1.82) is 0 Å². The predicted molar refractivity (Wildman–Crippen MR) is 76.9 cm³/mol. The minimum atomic E-state index is -1.27. The molecule has 0 amide bonds. The fourth-order valence-corrected chi connectivity index (χ4v) is 2.65. The molecule has 0 saturated carbocycles. The van der Waals surface area contributed by atoms with Gasteiger partial charge >= 0.3 is 5.97 Å². The number of halogens is 3. The minimum absolute atomic E-state index is 0.0346. The van der Waals surface area contributed by atoms with E-state index in [9.17, 15) is 14.0 Å². The van der Waals surface area contributed by atoms with Gasteiger partial charge in [0.15, 0.2) is 4.60 Å². The van der Waals surface area contributed by atoms with Gasteiger partial charge in [-0.25, -0.2) is 14.2 Å². The van der Waals surface area contributed by atoms with Crippen molar-refractivity contribution in [2.75, 3.05) is 0 Å². The summed E-state index contributed by atoms with van der Waals surface area (Å²) in [5.74, 6) is -1.97. The second kappa shape index (κ2) is 5.45. The van der Waals surface area contributed by atoms with Crippen LogP contribution >= 0.6 is 31.9 Å². The van der Waals surface area contributed by atoms with E-state index in [1.54, 1.807) is 0 Å². The zero-order valence-electron chi connectivity index (χ0n) is 10.0. The van der Waals surface area contributed by atoms with Crippen LogP contribution in [-0.2, 0) is 0 Å². The summed E-state index contributed by atoms with van der Waals surface area (Å²) in [5.41, 5.74) is -0.435. The van der Waals surface area contributed by atoms with Crippen molar-refractivity contribution in [3.8, 4) is 5.69 Å². The predicted octanol–water partition coefficient (Wildman–Crippen LogP) is 2.90. The lowest BCUT2D eigenvalue weighted by atomic mass is 10.1. The molecule has 0 atom stereocenters. The van der Waals surface area contributed by atoms with Crippen molar-refractivity contribution in [2.45, 2.75) is 6.92 Å². The summed E-state index contributed by atoms with van der Waals surface area (Å²) in [4.78, 5) is 26.9. The summed E-state index contributed by atoms with van der Waals surface area (Å²) in [6, 6.07) is 2.15. The van der Waals surface area contributed by atoms with Crippen molar-refractivity contribution < 1.29 is 14.3 Å². The largest absolute Gasteiger partial charge is 0.478 e. The number of aromatic carboxylic acids is 1. The van der Waals surface area contributed by atoms with Gasteiger partial charge in [0, 0.05) is 11.8 Å². The molecule has 1 aromatic heterocycles. The lowest BCUT2D eigenvalue weighted by Crippen LogP contribution is -2.21. The molecule has 5 nitrogen and oxygen atoms in total. The van der Waals surface area contributed by atoms with E-state index >= 15 is 0 Å². The van der Waals surface area contributed by atoms with Crippen LogP contribution in [0.15, 0.2) is 32.3 Å². The SMILES string of the molecule is Cc1c(F)cc(C(=O)O)cc1-n1cc(Br)nc(Br)c1=O. The first-order valence-electron chi connectivity index (χ1n) is 5.29. The van der Waals surface area contributed by atoms with E-state index in [-0.39, 0.29) is 21.4 Å². The Labute approximate surface area is 129 Å². The highest BCUT2D eigenvalue weighted by atomic mass is 79.9. The Morgan fingerprint density at radius 2 is 2.05 bits per heavy atom. The number of carbonyl (C=O) groups is 1. The molecular formula is C12H7Br2FN2O3. The molecule has 0 fully saturated rings. The molecule has 0 aliphatic carbocycles. The number of carboxylic acids is 1. The van der Waals surface area contributed by atoms with E-state index in [0.717, 1.165) is 10.6 Å². The Morgan fingerprint density at radius 3 is 2.65 bits per heavy atom. The van der Waals surface area contributed by atoms with Crippen molar-refractivity contribution in [3.63, 3.8) is 0 Å². The topological polar surface area (TPSA) is 72.2 Å². The van der Waals surface area contributed by atoms with Gasteiger partial charge in [-0.15, -0.1) is 0 Å². The Balaban J connectivity index is 2.82. The Hall–Kier alpha value is -1.54. The number of carboxylic acid groups (broad SMARTS) is 1. The van der Waals surface area contributed by atoms with Crippen molar-refractivity contribution in [2.24, 2.45) is 0 Å². The monoisotopic (exact) mass is 404 g/mol. The summed E-state index contributed by atoms with van der Waals surface area (Å²) in [5, 5.41) is 8.97. The number of benzene rings is 1. The summed E-state index contributed by atoms with van der Waals surface area (Å²) in [7, 11) is 0. The van der Waals surface area contributed by atoms with Crippen LogP contribution in [0.2, 0.25) is 0 Å². The molecule has 1 N–H and O–H groups in total. The first kappa shape index (κ1) is 14.9. The van der Waals surface area contributed by atoms with Crippen LogP contribution < -0.4 is 5.56 Å². The normalized spacial score (nSPS) is 10.6. The molecule has 0 unspecified atom stereocenters. The fourth-order valence-electron chi connectivity index (χ4n) is 1.65. The van der Waals surface area contributed by atoms with Gasteiger partial charge < -0.3 is 5.11 Å². The van der Waals surface area contributed by atoms with Gasteiger partial charge in [-0.05, 0) is 50.9 Å². The highest BCUT2D eigenvalue weighted by Gasteiger charge is 2.15. The van der Waals surface area contributed by atoms with Crippen LogP contribution in [-0.4, -0.2) is 20.6 Å². The minimum Gasteiger partial charge on any atom is -0.478 e. The number of rotatable bonds is 2. The molecule has 0 aliphatic heterocycles. The molecule has 2 rings (SSSR count). The molecule has 0 bridgehead atoms.